The summed E-state index contributed by atoms with van der Waals surface area (Å²) >= 11 is 1.35. The fourth-order valence-corrected chi connectivity index (χ4v) is 5.62. The zero-order chi connectivity index (χ0) is 28.5. The van der Waals surface area contributed by atoms with E-state index in [0.29, 0.717) is 16.8 Å². The lowest BCUT2D eigenvalue weighted by Crippen LogP contribution is -2.30. The van der Waals surface area contributed by atoms with Gasteiger partial charge in [-0.1, -0.05) is 65.9 Å². The van der Waals surface area contributed by atoms with Gasteiger partial charge < -0.3 is 9.08 Å². The molecule has 12 heteroatoms. The lowest BCUT2D eigenvalue weighted by molar-refractivity contribution is -0.642. The van der Waals surface area contributed by atoms with Crippen LogP contribution in [0, 0.1) is 17.0 Å². The Morgan fingerprint density at radius 2 is 1.72 bits per heavy atom. The van der Waals surface area contributed by atoms with E-state index in [1.807, 2.05) is 48.9 Å². The number of hydrogen-bond acceptors (Lipinski definition) is 8. The van der Waals surface area contributed by atoms with Gasteiger partial charge in [0.1, 0.15) is 27.4 Å². The first-order valence-corrected chi connectivity index (χ1v) is 13.7. The van der Waals surface area contributed by atoms with Crippen LogP contribution in [0.25, 0.3) is 27.0 Å². The molecule has 0 unspecified atom stereocenters. The van der Waals surface area contributed by atoms with Crippen LogP contribution in [0.2, 0.25) is 0 Å². The van der Waals surface area contributed by atoms with Gasteiger partial charge in [0.15, 0.2) is 0 Å². The van der Waals surface area contributed by atoms with Crippen molar-refractivity contribution < 1.29 is 27.0 Å². The van der Waals surface area contributed by atoms with Gasteiger partial charge in [0.25, 0.3) is 10.7 Å². The van der Waals surface area contributed by atoms with E-state index in [1.165, 1.54) is 40.3 Å². The highest BCUT2D eigenvalue weighted by Crippen LogP contribution is 2.33. The van der Waals surface area contributed by atoms with Crippen molar-refractivity contribution in [3.8, 4) is 11.3 Å². The van der Waals surface area contributed by atoms with E-state index in [1.54, 1.807) is 25.2 Å². The minimum Gasteiger partial charge on any atom is -0.744 e. The number of aryl methyl sites for hydroxylation is 3. The highest BCUT2D eigenvalue weighted by Gasteiger charge is 2.28. The molecule has 0 amide bonds. The Kier molecular flexibility index (Phi) is 7.63. The molecule has 5 aromatic rings. The number of benzene rings is 3. The minimum absolute atomic E-state index is 0.0238. The van der Waals surface area contributed by atoms with E-state index in [4.69, 9.17) is 4.52 Å². The van der Waals surface area contributed by atoms with Crippen molar-refractivity contribution in [2.45, 2.75) is 11.8 Å². The number of nitrogens with zero attached hydrogens (tertiary/aromatic N) is 3. The summed E-state index contributed by atoms with van der Waals surface area (Å²) in [5, 5.41) is 11.8. The Bertz CT molecular complexity index is 1870. The first-order chi connectivity index (χ1) is 18.4. The number of thiazole rings is 1. The Balaban J connectivity index is 0.000000270. The van der Waals surface area contributed by atoms with Crippen LogP contribution in [0.15, 0.2) is 93.6 Å². The minimum atomic E-state index is -4.27. The summed E-state index contributed by atoms with van der Waals surface area (Å²) in [6.07, 6.45) is 0. The molecule has 2 aromatic heterocycles. The molecule has 0 radical (unpaired) electrons. The third-order valence-corrected chi connectivity index (χ3v) is 8.03. The van der Waals surface area contributed by atoms with Crippen molar-refractivity contribution in [1.82, 2.24) is 4.74 Å². The molecule has 0 bridgehead atoms. The van der Waals surface area contributed by atoms with Crippen LogP contribution in [-0.2, 0) is 24.2 Å². The molecule has 0 aliphatic heterocycles. The first-order valence-electron chi connectivity index (χ1n) is 11.4. The summed E-state index contributed by atoms with van der Waals surface area (Å²) in [5.41, 5.74) is 3.67. The number of nitro benzene ring substituents is 1. The van der Waals surface area contributed by atoms with Gasteiger partial charge in [-0.15, -0.1) is 0 Å². The molecule has 10 nitrogen and oxygen atoms in total. The largest absolute Gasteiger partial charge is 0.744 e. The molecule has 0 aliphatic carbocycles. The number of hydrogen-bond donors (Lipinski definition) is 0. The molecular formula is C27H23N3O7S2. The second kappa shape index (κ2) is 10.8. The first kappa shape index (κ1) is 27.6. The highest BCUT2D eigenvalue weighted by atomic mass is 32.2. The van der Waals surface area contributed by atoms with Crippen molar-refractivity contribution in [3.05, 3.63) is 116 Å². The molecule has 0 spiro atoms. The maximum atomic E-state index is 12.6. The predicted octanol–water partition coefficient (Wildman–Crippen LogP) is 4.55. The average Bonchev–Trinajstić information content (AvgIpc) is 3.38. The van der Waals surface area contributed by atoms with E-state index < -0.39 is 20.7 Å². The summed E-state index contributed by atoms with van der Waals surface area (Å²) < 4.78 is 40.5. The number of rotatable bonds is 5. The van der Waals surface area contributed by atoms with E-state index in [0.717, 1.165) is 26.4 Å². The molecule has 0 fully saturated rings. The standard InChI is InChI=1S/C20H16N3O4S.C7H8O3S/c1-12(17-18(22(3)27-20(17)24)13-7-5-4-6-8-13)19-21(2)15-10-9-14(23(25)26)11-16(15)28-19;1-6-2-4-7(5-3-6)11(8,9)10/h4-11H,1H2,2-3H3;2-5H,1H3,(H,8,9,10)/q+1;/p-1. The van der Waals surface area contributed by atoms with E-state index in [2.05, 4.69) is 6.58 Å². The molecule has 5 rings (SSSR count). The van der Waals surface area contributed by atoms with Gasteiger partial charge >= 0.3 is 5.63 Å². The Morgan fingerprint density at radius 1 is 1.08 bits per heavy atom. The molecule has 0 saturated carbocycles. The fourth-order valence-electron chi connectivity index (χ4n) is 3.99. The van der Waals surface area contributed by atoms with Gasteiger partial charge in [-0.05, 0) is 19.1 Å². The third kappa shape index (κ3) is 5.72. The van der Waals surface area contributed by atoms with Crippen LogP contribution >= 0.6 is 11.3 Å². The SMILES string of the molecule is C=C(c1c(-c2ccccc2)n(C)oc1=O)c1sc2cc([N+](=O)[O-])ccc2[n+]1C.Cc1ccc(S(=O)(=O)[O-])cc1. The molecule has 0 atom stereocenters. The number of fused-ring (bicyclic) bond motifs is 1. The summed E-state index contributed by atoms with van der Waals surface area (Å²) in [6.45, 7) is 5.97. The number of non-ortho nitro benzene ring substituents is 1. The zero-order valence-corrected chi connectivity index (χ0v) is 22.8. The van der Waals surface area contributed by atoms with Gasteiger partial charge in [-0.2, -0.15) is 4.57 Å². The summed E-state index contributed by atoms with van der Waals surface area (Å²) in [6, 6.07) is 19.9. The van der Waals surface area contributed by atoms with Crippen molar-refractivity contribution in [2.75, 3.05) is 0 Å². The Morgan fingerprint density at radius 3 is 2.31 bits per heavy atom. The molecule has 200 valence electrons. The lowest BCUT2D eigenvalue weighted by atomic mass is 10.0. The molecule has 2 heterocycles. The topological polar surface area (TPSA) is 139 Å². The zero-order valence-electron chi connectivity index (χ0n) is 21.2. The van der Waals surface area contributed by atoms with Gasteiger partial charge in [-0.25, -0.2) is 18.0 Å². The maximum absolute atomic E-state index is 12.6. The average molecular weight is 566 g/mol. The number of aromatic nitrogens is 2. The van der Waals surface area contributed by atoms with Gasteiger partial charge in [0, 0.05) is 30.8 Å². The predicted molar refractivity (Wildman–Crippen MR) is 146 cm³/mol. The quantitative estimate of drug-likeness (QED) is 0.132. The molecule has 0 N–H and O–H groups in total. The molecule has 0 aliphatic rings. The Hall–Kier alpha value is -4.39. The summed E-state index contributed by atoms with van der Waals surface area (Å²) in [4.78, 5) is 23.0. The van der Waals surface area contributed by atoms with E-state index in [-0.39, 0.29) is 10.6 Å². The lowest BCUT2D eigenvalue weighted by Gasteiger charge is -2.05. The third-order valence-electron chi connectivity index (χ3n) is 5.92. The van der Waals surface area contributed by atoms with Crippen molar-refractivity contribution >= 4 is 42.9 Å². The molecule has 0 saturated heterocycles. The smallest absolute Gasteiger partial charge is 0.366 e. The maximum Gasteiger partial charge on any atom is 0.366 e. The monoisotopic (exact) mass is 565 g/mol. The van der Waals surface area contributed by atoms with Crippen LogP contribution in [0.5, 0.6) is 0 Å². The van der Waals surface area contributed by atoms with Gasteiger partial charge in [-0.3, -0.25) is 10.1 Å². The Labute approximate surface area is 227 Å². The van der Waals surface area contributed by atoms with Crippen LogP contribution in [0.3, 0.4) is 0 Å². The second-order valence-electron chi connectivity index (χ2n) is 8.59. The van der Waals surface area contributed by atoms with Crippen molar-refractivity contribution in [3.63, 3.8) is 0 Å². The van der Waals surface area contributed by atoms with Crippen LogP contribution in [0.4, 0.5) is 5.69 Å². The molecular weight excluding hydrogens is 542 g/mol. The molecule has 39 heavy (non-hydrogen) atoms. The fraction of sp³-hybridized carbons (Fsp3) is 0.111. The second-order valence-corrected chi connectivity index (χ2v) is 11.0. The van der Waals surface area contributed by atoms with Crippen LogP contribution < -0.4 is 10.2 Å². The van der Waals surface area contributed by atoms with Crippen molar-refractivity contribution in [2.24, 2.45) is 14.1 Å². The van der Waals surface area contributed by atoms with Gasteiger partial charge in [0.2, 0.25) is 5.52 Å². The number of nitro groups is 1. The normalized spacial score (nSPS) is 11.2. The van der Waals surface area contributed by atoms with Crippen LogP contribution in [0.1, 0.15) is 16.1 Å². The summed E-state index contributed by atoms with van der Waals surface area (Å²) in [5.74, 6) is 0. The van der Waals surface area contributed by atoms with E-state index >= 15 is 0 Å². The van der Waals surface area contributed by atoms with Crippen LogP contribution in [-0.4, -0.2) is 22.6 Å². The van der Waals surface area contributed by atoms with E-state index in [9.17, 15) is 27.9 Å². The highest BCUT2D eigenvalue weighted by molar-refractivity contribution is 7.85. The van der Waals surface area contributed by atoms with Crippen molar-refractivity contribution in [1.29, 1.82) is 0 Å². The molecule has 3 aromatic carbocycles. The summed E-state index contributed by atoms with van der Waals surface area (Å²) in [7, 11) is -0.749. The van der Waals surface area contributed by atoms with Gasteiger partial charge in [0.05, 0.1) is 21.1 Å².